The number of thiazole rings is 1. The lowest BCUT2D eigenvalue weighted by molar-refractivity contribution is -0.384. The van der Waals surface area contributed by atoms with E-state index >= 15 is 0 Å². The van der Waals surface area contributed by atoms with E-state index < -0.39 is 4.92 Å². The Kier molecular flexibility index (Phi) is 4.46. The summed E-state index contributed by atoms with van der Waals surface area (Å²) in [5.41, 5.74) is 1.01. The van der Waals surface area contributed by atoms with E-state index in [9.17, 15) is 14.9 Å². The van der Waals surface area contributed by atoms with Gasteiger partial charge in [-0.2, -0.15) is 0 Å². The molecule has 0 bridgehead atoms. The molecule has 20 heavy (non-hydrogen) atoms. The number of hydrogen-bond acceptors (Lipinski definition) is 5. The number of aryl methyl sites for hydroxylation is 1. The molecule has 0 saturated heterocycles. The number of carbonyl (C=O) groups excluding carboxylic acids is 1. The van der Waals surface area contributed by atoms with Crippen LogP contribution in [-0.2, 0) is 6.54 Å². The van der Waals surface area contributed by atoms with Gasteiger partial charge < -0.3 is 5.32 Å². The first-order chi connectivity index (χ1) is 9.47. The second kappa shape index (κ2) is 6.10. The maximum Gasteiger partial charge on any atom is 0.270 e. The first kappa shape index (κ1) is 14.6. The second-order valence-corrected chi connectivity index (χ2v) is 5.78. The van der Waals surface area contributed by atoms with Gasteiger partial charge in [0.05, 0.1) is 17.0 Å². The molecule has 0 radical (unpaired) electrons. The number of nitrogens with zero attached hydrogens (tertiary/aromatic N) is 2. The third-order valence-corrected chi connectivity index (χ3v) is 4.13. The van der Waals surface area contributed by atoms with E-state index in [0.29, 0.717) is 11.0 Å². The molecule has 0 aliphatic carbocycles. The molecule has 0 fully saturated rings. The third-order valence-electron chi connectivity index (χ3n) is 2.47. The minimum atomic E-state index is -0.534. The first-order valence-electron chi connectivity index (χ1n) is 5.60. The van der Waals surface area contributed by atoms with E-state index in [1.54, 1.807) is 0 Å². The normalized spacial score (nSPS) is 10.3. The van der Waals surface area contributed by atoms with Crippen molar-refractivity contribution >= 4 is 38.9 Å². The van der Waals surface area contributed by atoms with E-state index in [4.69, 9.17) is 0 Å². The number of rotatable bonds is 4. The predicted octanol–water partition coefficient (Wildman–Crippen LogP) is 3.05. The molecule has 8 heteroatoms. The van der Waals surface area contributed by atoms with Crippen LogP contribution >= 0.6 is 27.3 Å². The van der Waals surface area contributed by atoms with Gasteiger partial charge in [0.15, 0.2) is 0 Å². The van der Waals surface area contributed by atoms with Crippen LogP contribution in [0.25, 0.3) is 0 Å². The lowest BCUT2D eigenvalue weighted by Gasteiger charge is -2.05. The Bertz CT molecular complexity index is 672. The smallest absolute Gasteiger partial charge is 0.270 e. The van der Waals surface area contributed by atoms with Crippen LogP contribution in [0.1, 0.15) is 21.1 Å². The van der Waals surface area contributed by atoms with E-state index in [1.807, 2.05) is 12.3 Å². The third kappa shape index (κ3) is 3.40. The number of halogens is 1. The molecule has 1 N–H and O–H groups in total. The summed E-state index contributed by atoms with van der Waals surface area (Å²) in [7, 11) is 0. The number of aromatic nitrogens is 1. The highest BCUT2D eigenvalue weighted by Crippen LogP contribution is 2.22. The first-order valence-corrected chi connectivity index (χ1v) is 7.28. The van der Waals surface area contributed by atoms with Crippen molar-refractivity contribution in [2.24, 2.45) is 0 Å². The van der Waals surface area contributed by atoms with Gasteiger partial charge in [0.1, 0.15) is 5.01 Å². The minimum absolute atomic E-state index is 0.122. The van der Waals surface area contributed by atoms with E-state index in [2.05, 4.69) is 26.2 Å². The SMILES string of the molecule is Cc1csc(CNC(=O)c2cc([N+](=O)[O-])ccc2Br)n1. The van der Waals surface area contributed by atoms with Gasteiger partial charge in [0, 0.05) is 27.7 Å². The van der Waals surface area contributed by atoms with Crippen LogP contribution in [0.3, 0.4) is 0 Å². The van der Waals surface area contributed by atoms with E-state index in [1.165, 1.54) is 29.5 Å². The fraction of sp³-hybridized carbons (Fsp3) is 0.167. The standard InChI is InChI=1S/C12H10BrN3O3S/c1-7-6-20-11(15-7)5-14-12(17)9-4-8(16(18)19)2-3-10(9)13/h2-4,6H,5H2,1H3,(H,14,17). The number of nitro benzene ring substituents is 1. The van der Waals surface area contributed by atoms with Crippen molar-refractivity contribution in [3.8, 4) is 0 Å². The molecule has 0 aliphatic heterocycles. The topological polar surface area (TPSA) is 85.1 Å². The van der Waals surface area contributed by atoms with Crippen molar-refractivity contribution < 1.29 is 9.72 Å². The van der Waals surface area contributed by atoms with Crippen molar-refractivity contribution in [2.45, 2.75) is 13.5 Å². The summed E-state index contributed by atoms with van der Waals surface area (Å²) in [5, 5.41) is 16.1. The lowest BCUT2D eigenvalue weighted by atomic mass is 10.2. The average molecular weight is 356 g/mol. The van der Waals surface area contributed by atoms with Gasteiger partial charge in [-0.3, -0.25) is 14.9 Å². The molecule has 1 aromatic carbocycles. The van der Waals surface area contributed by atoms with Crippen LogP contribution < -0.4 is 5.32 Å². The summed E-state index contributed by atoms with van der Waals surface area (Å²) in [6.45, 7) is 2.17. The monoisotopic (exact) mass is 355 g/mol. The quantitative estimate of drug-likeness (QED) is 0.674. The van der Waals surface area contributed by atoms with Gasteiger partial charge in [-0.25, -0.2) is 4.98 Å². The number of benzene rings is 1. The highest BCUT2D eigenvalue weighted by atomic mass is 79.9. The van der Waals surface area contributed by atoms with Crippen molar-refractivity contribution in [1.29, 1.82) is 0 Å². The van der Waals surface area contributed by atoms with Gasteiger partial charge in [0.2, 0.25) is 0 Å². The average Bonchev–Trinajstić information content (AvgIpc) is 2.82. The van der Waals surface area contributed by atoms with Gasteiger partial charge in [-0.15, -0.1) is 11.3 Å². The number of amides is 1. The molecule has 104 valence electrons. The molecule has 1 amide bonds. The molecule has 1 aromatic heterocycles. The zero-order chi connectivity index (χ0) is 14.7. The fourth-order valence-corrected chi connectivity index (χ4v) is 2.67. The van der Waals surface area contributed by atoms with Crippen LogP contribution in [-0.4, -0.2) is 15.8 Å². The molecular formula is C12H10BrN3O3S. The van der Waals surface area contributed by atoms with Crippen molar-refractivity contribution in [3.63, 3.8) is 0 Å². The van der Waals surface area contributed by atoms with Crippen molar-refractivity contribution in [3.05, 3.63) is 54.4 Å². The summed E-state index contributed by atoms with van der Waals surface area (Å²) in [6.07, 6.45) is 0. The predicted molar refractivity (Wildman–Crippen MR) is 78.8 cm³/mol. The van der Waals surface area contributed by atoms with Crippen LogP contribution in [0.15, 0.2) is 28.1 Å². The van der Waals surface area contributed by atoms with E-state index in [0.717, 1.165) is 10.7 Å². The summed E-state index contributed by atoms with van der Waals surface area (Å²) in [5.74, 6) is -0.381. The molecule has 2 rings (SSSR count). The molecule has 0 atom stereocenters. The zero-order valence-electron chi connectivity index (χ0n) is 10.4. The molecular weight excluding hydrogens is 346 g/mol. The Morgan fingerprint density at radius 1 is 1.55 bits per heavy atom. The Balaban J connectivity index is 2.12. The van der Waals surface area contributed by atoms with Crippen molar-refractivity contribution in [1.82, 2.24) is 10.3 Å². The molecule has 0 saturated carbocycles. The van der Waals surface area contributed by atoms with E-state index in [-0.39, 0.29) is 17.2 Å². The molecule has 1 heterocycles. The Morgan fingerprint density at radius 2 is 2.30 bits per heavy atom. The highest BCUT2D eigenvalue weighted by Gasteiger charge is 2.15. The number of hydrogen-bond donors (Lipinski definition) is 1. The Labute approximate surface area is 127 Å². The van der Waals surface area contributed by atoms with Gasteiger partial charge in [-0.1, -0.05) is 0 Å². The summed E-state index contributed by atoms with van der Waals surface area (Å²) < 4.78 is 0.510. The number of non-ortho nitro benzene ring substituents is 1. The Hall–Kier alpha value is -1.80. The van der Waals surface area contributed by atoms with Gasteiger partial charge in [-0.05, 0) is 28.9 Å². The number of nitrogens with one attached hydrogen (secondary N) is 1. The van der Waals surface area contributed by atoms with Gasteiger partial charge >= 0.3 is 0 Å². The van der Waals surface area contributed by atoms with Crippen LogP contribution in [0.4, 0.5) is 5.69 Å². The second-order valence-electron chi connectivity index (χ2n) is 3.99. The summed E-state index contributed by atoms with van der Waals surface area (Å²) in [4.78, 5) is 26.4. The molecule has 0 aliphatic rings. The van der Waals surface area contributed by atoms with Crippen LogP contribution in [0, 0.1) is 17.0 Å². The summed E-state index contributed by atoms with van der Waals surface area (Å²) >= 11 is 4.67. The number of nitro groups is 1. The largest absolute Gasteiger partial charge is 0.345 e. The molecule has 6 nitrogen and oxygen atoms in total. The lowest BCUT2D eigenvalue weighted by Crippen LogP contribution is -2.23. The van der Waals surface area contributed by atoms with Crippen LogP contribution in [0.2, 0.25) is 0 Å². The maximum absolute atomic E-state index is 12.0. The minimum Gasteiger partial charge on any atom is -0.345 e. The van der Waals surface area contributed by atoms with Crippen molar-refractivity contribution in [2.75, 3.05) is 0 Å². The van der Waals surface area contributed by atoms with Gasteiger partial charge in [0.25, 0.3) is 11.6 Å². The molecule has 0 unspecified atom stereocenters. The molecule has 0 spiro atoms. The fourth-order valence-electron chi connectivity index (χ4n) is 1.54. The summed E-state index contributed by atoms with van der Waals surface area (Å²) in [6, 6.07) is 4.07. The zero-order valence-corrected chi connectivity index (χ0v) is 12.8. The highest BCUT2D eigenvalue weighted by molar-refractivity contribution is 9.10. The molecule has 2 aromatic rings. The van der Waals surface area contributed by atoms with Crippen LogP contribution in [0.5, 0.6) is 0 Å². The number of carbonyl (C=O) groups is 1. The maximum atomic E-state index is 12.0. The Morgan fingerprint density at radius 3 is 2.90 bits per heavy atom.